The van der Waals surface area contributed by atoms with Crippen molar-refractivity contribution in [1.82, 2.24) is 4.90 Å². The predicted octanol–water partition coefficient (Wildman–Crippen LogP) is 5.72. The number of nitrogens with zero attached hydrogens (tertiary/aromatic N) is 1. The first-order valence-electron chi connectivity index (χ1n) is 8.71. The summed E-state index contributed by atoms with van der Waals surface area (Å²) in [5, 5.41) is 0. The number of unbranched alkanes of at least 4 members (excludes halogenated alkanes) is 3. The molecule has 1 fully saturated rings. The average Bonchev–Trinajstić information content (AvgIpc) is 2.96. The van der Waals surface area contributed by atoms with Crippen LogP contribution < -0.4 is 0 Å². The van der Waals surface area contributed by atoms with Gasteiger partial charge in [0.15, 0.2) is 0 Å². The number of rotatable bonds is 7. The van der Waals surface area contributed by atoms with Crippen molar-refractivity contribution in [2.75, 3.05) is 6.54 Å². The van der Waals surface area contributed by atoms with Crippen LogP contribution in [0.3, 0.4) is 0 Å². The molecule has 1 atom stereocenters. The molecule has 1 unspecified atom stereocenters. The summed E-state index contributed by atoms with van der Waals surface area (Å²) >= 11 is 5.67. The lowest BCUT2D eigenvalue weighted by molar-refractivity contribution is 0.201. The summed E-state index contributed by atoms with van der Waals surface area (Å²) in [6.45, 7) is 5.46. The second-order valence-corrected chi connectivity index (χ2v) is 6.82. The first-order valence-corrected chi connectivity index (χ1v) is 9.12. The minimum Gasteiger partial charge on any atom is -0.357 e. The van der Waals surface area contributed by atoms with Gasteiger partial charge in [0.2, 0.25) is 0 Å². The third kappa shape index (κ3) is 3.68. The Morgan fingerprint density at radius 1 is 1.23 bits per heavy atom. The summed E-state index contributed by atoms with van der Waals surface area (Å²) in [7, 11) is 0. The van der Waals surface area contributed by atoms with E-state index in [1.54, 1.807) is 6.07 Å². The second kappa shape index (κ2) is 8.05. The summed E-state index contributed by atoms with van der Waals surface area (Å²) in [6.07, 6.45) is 9.72. The smallest absolute Gasteiger partial charge is 0.133 e. The molecule has 0 aliphatic carbocycles. The van der Waals surface area contributed by atoms with E-state index in [0.717, 1.165) is 19.4 Å². The second-order valence-electron chi connectivity index (χ2n) is 6.43. The maximum atomic E-state index is 14.1. The van der Waals surface area contributed by atoms with E-state index in [2.05, 4.69) is 18.7 Å². The molecule has 3 heteroatoms. The van der Waals surface area contributed by atoms with Gasteiger partial charge in [-0.15, -0.1) is 0 Å². The zero-order valence-corrected chi connectivity index (χ0v) is 14.7. The Balaban J connectivity index is 2.13. The van der Waals surface area contributed by atoms with Gasteiger partial charge in [-0.3, -0.25) is 0 Å². The van der Waals surface area contributed by atoms with Gasteiger partial charge in [0.1, 0.15) is 10.8 Å². The molecule has 2 rings (SSSR count). The van der Waals surface area contributed by atoms with Gasteiger partial charge in [-0.1, -0.05) is 63.9 Å². The first-order chi connectivity index (χ1) is 10.6. The van der Waals surface area contributed by atoms with Gasteiger partial charge in [-0.05, 0) is 37.8 Å². The zero-order chi connectivity index (χ0) is 16.0. The Bertz CT molecular complexity index is 502. The van der Waals surface area contributed by atoms with Gasteiger partial charge < -0.3 is 4.90 Å². The SMILES string of the molecule is CCCCCCC1(CC)CCCN1C(=S)c1ccccc1F. The molecule has 1 nitrogen and oxygen atoms in total. The van der Waals surface area contributed by atoms with Crippen molar-refractivity contribution in [1.29, 1.82) is 0 Å². The number of thiocarbonyl (C=S) groups is 1. The van der Waals surface area contributed by atoms with Gasteiger partial charge in [0, 0.05) is 17.6 Å². The van der Waals surface area contributed by atoms with Crippen LogP contribution in [0.5, 0.6) is 0 Å². The van der Waals surface area contributed by atoms with Crippen molar-refractivity contribution in [2.24, 2.45) is 0 Å². The molecule has 122 valence electrons. The Labute approximate surface area is 139 Å². The van der Waals surface area contributed by atoms with Crippen molar-refractivity contribution >= 4 is 17.2 Å². The number of hydrogen-bond donors (Lipinski definition) is 0. The summed E-state index contributed by atoms with van der Waals surface area (Å²) in [5.74, 6) is -0.199. The monoisotopic (exact) mass is 321 g/mol. The van der Waals surface area contributed by atoms with Crippen LogP contribution in [0.2, 0.25) is 0 Å². The minimum absolute atomic E-state index is 0.146. The van der Waals surface area contributed by atoms with Crippen LogP contribution in [0.4, 0.5) is 4.39 Å². The minimum atomic E-state index is -0.199. The highest BCUT2D eigenvalue weighted by atomic mass is 32.1. The molecule has 0 amide bonds. The lowest BCUT2D eigenvalue weighted by Crippen LogP contribution is -2.46. The first kappa shape index (κ1) is 17.4. The van der Waals surface area contributed by atoms with Gasteiger partial charge in [-0.25, -0.2) is 4.39 Å². The Morgan fingerprint density at radius 3 is 2.68 bits per heavy atom. The topological polar surface area (TPSA) is 3.24 Å². The molecule has 0 bridgehead atoms. The van der Waals surface area contributed by atoms with Gasteiger partial charge >= 0.3 is 0 Å². The molecule has 1 aromatic carbocycles. The van der Waals surface area contributed by atoms with Crippen LogP contribution in [0.1, 0.15) is 70.8 Å². The molecule has 1 aliphatic heterocycles. The standard InChI is InChI=1S/C19H28FNS/c1-3-5-6-9-13-19(4-2)14-10-15-21(19)18(22)16-11-7-8-12-17(16)20/h7-8,11-12H,3-6,9-10,13-15H2,1-2H3. The quantitative estimate of drug-likeness (QED) is 0.467. The van der Waals surface area contributed by atoms with Crippen molar-refractivity contribution in [2.45, 2.75) is 70.8 Å². The maximum absolute atomic E-state index is 14.1. The highest BCUT2D eigenvalue weighted by molar-refractivity contribution is 7.80. The Hall–Kier alpha value is -0.960. The molecule has 1 heterocycles. The van der Waals surface area contributed by atoms with Crippen LogP contribution in [0.25, 0.3) is 0 Å². The molecule has 1 aromatic rings. The molecular weight excluding hydrogens is 293 g/mol. The van der Waals surface area contributed by atoms with Gasteiger partial charge in [-0.2, -0.15) is 0 Å². The third-order valence-electron chi connectivity index (χ3n) is 5.10. The third-order valence-corrected chi connectivity index (χ3v) is 5.54. The molecule has 0 saturated carbocycles. The average molecular weight is 322 g/mol. The normalized spacial score (nSPS) is 21.3. The summed E-state index contributed by atoms with van der Waals surface area (Å²) < 4.78 is 14.1. The largest absolute Gasteiger partial charge is 0.357 e. The Kier molecular flexibility index (Phi) is 6.37. The number of benzene rings is 1. The molecule has 0 spiro atoms. The van der Waals surface area contributed by atoms with E-state index in [4.69, 9.17) is 12.2 Å². The van der Waals surface area contributed by atoms with E-state index >= 15 is 0 Å². The van der Waals surface area contributed by atoms with Crippen molar-refractivity contribution in [3.63, 3.8) is 0 Å². The van der Waals surface area contributed by atoms with Crippen molar-refractivity contribution < 1.29 is 4.39 Å². The van der Waals surface area contributed by atoms with E-state index in [-0.39, 0.29) is 11.4 Å². The van der Waals surface area contributed by atoms with Gasteiger partial charge in [0.25, 0.3) is 0 Å². The van der Waals surface area contributed by atoms with Crippen LogP contribution in [-0.4, -0.2) is 22.0 Å². The van der Waals surface area contributed by atoms with Crippen LogP contribution in [0.15, 0.2) is 24.3 Å². The molecular formula is C19H28FNS. The van der Waals surface area contributed by atoms with E-state index in [1.807, 2.05) is 12.1 Å². The number of halogens is 1. The lowest BCUT2D eigenvalue weighted by Gasteiger charge is -2.40. The van der Waals surface area contributed by atoms with E-state index < -0.39 is 0 Å². The lowest BCUT2D eigenvalue weighted by atomic mass is 9.86. The molecule has 0 aromatic heterocycles. The summed E-state index contributed by atoms with van der Waals surface area (Å²) in [4.78, 5) is 3.03. The number of hydrogen-bond acceptors (Lipinski definition) is 1. The van der Waals surface area contributed by atoms with E-state index in [0.29, 0.717) is 10.6 Å². The highest BCUT2D eigenvalue weighted by Gasteiger charge is 2.40. The predicted molar refractivity (Wildman–Crippen MR) is 95.8 cm³/mol. The van der Waals surface area contributed by atoms with Gasteiger partial charge in [0.05, 0.1) is 0 Å². The molecule has 1 saturated heterocycles. The molecule has 0 N–H and O–H groups in total. The zero-order valence-electron chi connectivity index (χ0n) is 13.9. The van der Waals surface area contributed by atoms with Crippen LogP contribution in [0, 0.1) is 5.82 Å². The van der Waals surface area contributed by atoms with E-state index in [1.165, 1.54) is 44.6 Å². The summed E-state index contributed by atoms with van der Waals surface area (Å²) in [6, 6.07) is 6.92. The van der Waals surface area contributed by atoms with Crippen molar-refractivity contribution in [3.05, 3.63) is 35.6 Å². The fourth-order valence-corrected chi connectivity index (χ4v) is 4.17. The maximum Gasteiger partial charge on any atom is 0.133 e. The van der Waals surface area contributed by atoms with Crippen LogP contribution in [-0.2, 0) is 0 Å². The van der Waals surface area contributed by atoms with Crippen LogP contribution >= 0.6 is 12.2 Å². The molecule has 22 heavy (non-hydrogen) atoms. The number of likely N-dealkylation sites (tertiary alicyclic amines) is 1. The summed E-state index contributed by atoms with van der Waals surface area (Å²) in [5.41, 5.74) is 0.735. The van der Waals surface area contributed by atoms with Crippen molar-refractivity contribution in [3.8, 4) is 0 Å². The highest BCUT2D eigenvalue weighted by Crippen LogP contribution is 2.38. The Morgan fingerprint density at radius 2 is 2.00 bits per heavy atom. The molecule has 0 radical (unpaired) electrons. The fourth-order valence-electron chi connectivity index (χ4n) is 3.72. The van der Waals surface area contributed by atoms with E-state index in [9.17, 15) is 4.39 Å². The fraction of sp³-hybridized carbons (Fsp3) is 0.632. The molecule has 1 aliphatic rings.